The third-order valence-corrected chi connectivity index (χ3v) is 12.0. The van der Waals surface area contributed by atoms with Crippen LogP contribution in [0.4, 0.5) is 0 Å². The molecule has 0 atom stereocenters. The highest BCUT2D eigenvalue weighted by Crippen LogP contribution is 2.32. The Morgan fingerprint density at radius 2 is 0.771 bits per heavy atom. The molecule has 366 valence electrons. The Kier molecular flexibility index (Phi) is 21.1. The molecule has 10 nitrogen and oxygen atoms in total. The molecule has 6 aromatic carbocycles. The summed E-state index contributed by atoms with van der Waals surface area (Å²) in [6.07, 6.45) is 21.2. The number of carbonyl (C=O) groups excluding carboxylic acids is 4. The van der Waals surface area contributed by atoms with E-state index < -0.39 is 23.9 Å². The fourth-order valence-corrected chi connectivity index (χ4v) is 7.84. The summed E-state index contributed by atoms with van der Waals surface area (Å²) in [6.45, 7) is 9.08. The minimum atomic E-state index is -0.602. The highest BCUT2D eigenvalue weighted by molar-refractivity contribution is 5.96. The number of aryl methyl sites for hydroxylation is 1. The second-order valence-corrected chi connectivity index (χ2v) is 17.5. The Hall–Kier alpha value is -7.20. The Morgan fingerprint density at radius 3 is 1.21 bits per heavy atom. The normalized spacial score (nSPS) is 10.9. The van der Waals surface area contributed by atoms with E-state index in [-0.39, 0.29) is 22.6 Å². The van der Waals surface area contributed by atoms with E-state index in [2.05, 4.69) is 13.5 Å². The number of ether oxygens (including phenoxy) is 6. The number of hydrogen-bond acceptors (Lipinski definition) is 10. The van der Waals surface area contributed by atoms with Crippen molar-refractivity contribution in [2.75, 3.05) is 13.2 Å². The Labute approximate surface area is 412 Å². The lowest BCUT2D eigenvalue weighted by molar-refractivity contribution is 0.0720. The fraction of sp³-hybridized carbons (Fsp3) is 0.333. The van der Waals surface area contributed by atoms with Crippen molar-refractivity contribution in [2.24, 2.45) is 0 Å². The summed E-state index contributed by atoms with van der Waals surface area (Å²) in [4.78, 5) is 52.1. The van der Waals surface area contributed by atoms with Gasteiger partial charge in [-0.2, -0.15) is 0 Å². The van der Waals surface area contributed by atoms with Gasteiger partial charge in [-0.15, -0.1) is 6.58 Å². The molecule has 0 aliphatic rings. The second-order valence-electron chi connectivity index (χ2n) is 17.5. The smallest absolute Gasteiger partial charge is 0.343 e. The van der Waals surface area contributed by atoms with Gasteiger partial charge >= 0.3 is 23.9 Å². The summed E-state index contributed by atoms with van der Waals surface area (Å²) in [5.74, 6) is 0.320. The van der Waals surface area contributed by atoms with Crippen LogP contribution in [0.2, 0.25) is 0 Å². The topological polar surface area (TPSA) is 124 Å². The molecular weight excluding hydrogens is 881 g/mol. The van der Waals surface area contributed by atoms with Gasteiger partial charge in [0.25, 0.3) is 0 Å². The summed E-state index contributed by atoms with van der Waals surface area (Å²) in [7, 11) is 0. The van der Waals surface area contributed by atoms with Gasteiger partial charge in [-0.25, -0.2) is 19.2 Å². The molecule has 0 heterocycles. The average molecular weight is 947 g/mol. The zero-order chi connectivity index (χ0) is 49.3. The van der Waals surface area contributed by atoms with Crippen molar-refractivity contribution in [3.63, 3.8) is 0 Å². The molecular formula is C60H66O10. The molecule has 10 heteroatoms. The molecule has 0 aromatic heterocycles. The van der Waals surface area contributed by atoms with Crippen molar-refractivity contribution < 1.29 is 47.6 Å². The van der Waals surface area contributed by atoms with Crippen molar-refractivity contribution in [3.8, 4) is 34.5 Å². The van der Waals surface area contributed by atoms with Gasteiger partial charge in [0.1, 0.15) is 34.5 Å². The Morgan fingerprint density at radius 1 is 0.414 bits per heavy atom. The fourth-order valence-electron chi connectivity index (χ4n) is 7.84. The van der Waals surface area contributed by atoms with Gasteiger partial charge < -0.3 is 28.4 Å². The first kappa shape index (κ1) is 52.2. The molecule has 0 saturated carbocycles. The maximum atomic E-state index is 13.2. The number of fused-ring (bicyclic) bond motifs is 1. The van der Waals surface area contributed by atoms with Crippen LogP contribution in [0.3, 0.4) is 0 Å². The lowest BCUT2D eigenvalue weighted by atomic mass is 10.0. The lowest BCUT2D eigenvalue weighted by Gasteiger charge is -2.12. The number of allylic oxidation sites excluding steroid dienone is 1. The van der Waals surface area contributed by atoms with E-state index in [1.807, 2.05) is 25.1 Å². The van der Waals surface area contributed by atoms with Crippen LogP contribution in [0.25, 0.3) is 10.8 Å². The van der Waals surface area contributed by atoms with Gasteiger partial charge in [-0.1, -0.05) is 102 Å². The van der Waals surface area contributed by atoms with Crippen molar-refractivity contribution >= 4 is 34.6 Å². The molecule has 70 heavy (non-hydrogen) atoms. The predicted octanol–water partition coefficient (Wildman–Crippen LogP) is 15.2. The maximum Gasteiger partial charge on any atom is 0.343 e. The van der Waals surface area contributed by atoms with Gasteiger partial charge in [-0.3, -0.25) is 0 Å². The zero-order valence-corrected chi connectivity index (χ0v) is 40.7. The highest BCUT2D eigenvalue weighted by atomic mass is 16.5. The summed E-state index contributed by atoms with van der Waals surface area (Å²) in [6, 6.07) is 34.7. The van der Waals surface area contributed by atoms with Crippen molar-refractivity contribution in [2.45, 2.75) is 117 Å². The van der Waals surface area contributed by atoms with E-state index in [1.165, 1.54) is 119 Å². The molecule has 0 N–H and O–H groups in total. The molecule has 0 bridgehead atoms. The van der Waals surface area contributed by atoms with E-state index >= 15 is 0 Å². The van der Waals surface area contributed by atoms with E-state index in [0.29, 0.717) is 52.9 Å². The first-order chi connectivity index (χ1) is 34.2. The van der Waals surface area contributed by atoms with Gasteiger partial charge in [0.05, 0.1) is 35.5 Å². The number of esters is 4. The van der Waals surface area contributed by atoms with Crippen LogP contribution in [0.15, 0.2) is 140 Å². The molecule has 0 radical (unpaired) electrons. The molecule has 0 spiro atoms. The van der Waals surface area contributed by atoms with Gasteiger partial charge in [0, 0.05) is 0 Å². The molecule has 6 rings (SSSR count). The minimum absolute atomic E-state index is 0.259. The standard InChI is InChI=1S/C60H66O10/c1-4-6-8-10-12-14-16-18-20-42-66-51-33-24-47(25-34-51)58(62)68-53-37-28-49(29-38-53)60(64)70-56-40-30-45-21-39-54(43-55(45)44(56)3)69-59(63)48-26-35-52(36-27-48)67-57(61)46-22-31-50(32-23-46)65-41-19-17-15-13-11-9-7-5-2/h4,21-40,43H,1,5-20,41-42H2,2-3H3. The Bertz CT molecular complexity index is 2600. The van der Waals surface area contributed by atoms with E-state index in [1.54, 1.807) is 66.7 Å². The van der Waals surface area contributed by atoms with Crippen molar-refractivity contribution in [1.29, 1.82) is 0 Å². The summed E-state index contributed by atoms with van der Waals surface area (Å²) in [5, 5.41) is 1.57. The van der Waals surface area contributed by atoms with Crippen LogP contribution in [-0.2, 0) is 0 Å². The Balaban J connectivity index is 0.929. The van der Waals surface area contributed by atoms with Gasteiger partial charge in [0.15, 0.2) is 0 Å². The molecule has 0 aliphatic carbocycles. The van der Waals surface area contributed by atoms with Crippen LogP contribution in [0.1, 0.15) is 157 Å². The average Bonchev–Trinajstić information content (AvgIpc) is 3.38. The third-order valence-electron chi connectivity index (χ3n) is 12.0. The summed E-state index contributed by atoms with van der Waals surface area (Å²) < 4.78 is 34.3. The molecule has 0 amide bonds. The SMILES string of the molecule is C=CCCCCCCCCCOc1ccc(C(=O)Oc2ccc(C(=O)Oc3ccc4ccc(OC(=O)c5ccc(OC(=O)c6ccc(OCCCCCCCCCC)cc6)cc5)cc4c3C)cc2)cc1. The number of unbranched alkanes of at least 4 members (excludes halogenated alkanes) is 14. The first-order valence-electron chi connectivity index (χ1n) is 24.9. The van der Waals surface area contributed by atoms with Crippen molar-refractivity contribution in [3.05, 3.63) is 168 Å². The third kappa shape index (κ3) is 16.8. The molecule has 6 aromatic rings. The molecule has 0 unspecified atom stereocenters. The van der Waals surface area contributed by atoms with E-state index in [4.69, 9.17) is 28.4 Å². The monoisotopic (exact) mass is 946 g/mol. The summed E-state index contributed by atoms with van der Waals surface area (Å²) >= 11 is 0. The van der Waals surface area contributed by atoms with Crippen LogP contribution >= 0.6 is 0 Å². The van der Waals surface area contributed by atoms with Crippen LogP contribution < -0.4 is 28.4 Å². The zero-order valence-electron chi connectivity index (χ0n) is 40.7. The summed E-state index contributed by atoms with van der Waals surface area (Å²) in [5.41, 5.74) is 1.94. The lowest BCUT2D eigenvalue weighted by Crippen LogP contribution is -2.11. The number of hydrogen-bond donors (Lipinski definition) is 0. The second kappa shape index (κ2) is 28.3. The number of rotatable bonds is 29. The van der Waals surface area contributed by atoms with Gasteiger partial charge in [0.2, 0.25) is 0 Å². The van der Waals surface area contributed by atoms with Crippen LogP contribution in [0, 0.1) is 6.92 Å². The largest absolute Gasteiger partial charge is 0.494 e. The van der Waals surface area contributed by atoms with Crippen LogP contribution in [-0.4, -0.2) is 37.1 Å². The van der Waals surface area contributed by atoms with Crippen LogP contribution in [0.5, 0.6) is 34.5 Å². The molecule has 0 aliphatic heterocycles. The molecule has 0 saturated heterocycles. The first-order valence-corrected chi connectivity index (χ1v) is 24.9. The predicted molar refractivity (Wildman–Crippen MR) is 275 cm³/mol. The van der Waals surface area contributed by atoms with E-state index in [9.17, 15) is 19.2 Å². The van der Waals surface area contributed by atoms with Gasteiger partial charge in [-0.05, 0) is 164 Å². The highest BCUT2D eigenvalue weighted by Gasteiger charge is 2.17. The minimum Gasteiger partial charge on any atom is -0.494 e. The van der Waals surface area contributed by atoms with E-state index in [0.717, 1.165) is 42.9 Å². The number of benzene rings is 6. The van der Waals surface area contributed by atoms with Crippen molar-refractivity contribution in [1.82, 2.24) is 0 Å². The molecule has 0 fully saturated rings. The maximum absolute atomic E-state index is 13.2. The number of carbonyl (C=O) groups is 4. The quantitative estimate of drug-likeness (QED) is 0.0194.